The van der Waals surface area contributed by atoms with Crippen LogP contribution >= 0.6 is 0 Å². The SMILES string of the molecule is CC(C)(C)CCOC(=O)NCCc1ncc(-c2cc(C(C)(C)C)c(O)c(C(C)(C)C)c2)[nH]1.COc1ccc(-c2cnc(CCNC(=O)OCCC(C)(C)C)[nH]2)cc1. The molecule has 2 aromatic carbocycles. The maximum atomic E-state index is 11.9. The highest BCUT2D eigenvalue weighted by Crippen LogP contribution is 2.41. The smallest absolute Gasteiger partial charge is 0.407 e. The molecule has 0 unspecified atom stereocenters. The Bertz CT molecular complexity index is 1830. The van der Waals surface area contributed by atoms with Crippen molar-refractivity contribution >= 4 is 12.2 Å². The zero-order chi connectivity index (χ0) is 42.6. The van der Waals surface area contributed by atoms with Crippen molar-refractivity contribution in [3.8, 4) is 34.0 Å². The number of hydrogen-bond donors (Lipinski definition) is 5. The van der Waals surface area contributed by atoms with Crippen molar-refractivity contribution in [1.82, 2.24) is 30.6 Å². The Morgan fingerprint density at radius 2 is 1.05 bits per heavy atom. The average Bonchev–Trinajstić information content (AvgIpc) is 3.77. The lowest BCUT2D eigenvalue weighted by Crippen LogP contribution is -2.27. The molecule has 0 spiro atoms. The van der Waals surface area contributed by atoms with E-state index in [0.29, 0.717) is 44.9 Å². The molecular formula is C45H68N6O6. The van der Waals surface area contributed by atoms with Crippen LogP contribution in [0.15, 0.2) is 48.8 Å². The molecule has 57 heavy (non-hydrogen) atoms. The van der Waals surface area contributed by atoms with Crippen LogP contribution in [-0.4, -0.2) is 70.6 Å². The Morgan fingerprint density at radius 3 is 1.42 bits per heavy atom. The summed E-state index contributed by atoms with van der Waals surface area (Å²) in [6.45, 7) is 27.1. The Hall–Kier alpha value is -5.00. The normalized spacial score (nSPS) is 12.0. The van der Waals surface area contributed by atoms with Crippen LogP contribution in [0.5, 0.6) is 11.5 Å². The van der Waals surface area contributed by atoms with Gasteiger partial charge in [-0.3, -0.25) is 0 Å². The number of carbonyl (C=O) groups is 2. The summed E-state index contributed by atoms with van der Waals surface area (Å²) >= 11 is 0. The van der Waals surface area contributed by atoms with Gasteiger partial charge >= 0.3 is 12.2 Å². The van der Waals surface area contributed by atoms with E-state index < -0.39 is 6.09 Å². The third-order valence-corrected chi connectivity index (χ3v) is 9.13. The van der Waals surface area contributed by atoms with E-state index in [9.17, 15) is 14.7 Å². The van der Waals surface area contributed by atoms with Crippen LogP contribution in [-0.2, 0) is 33.1 Å². The van der Waals surface area contributed by atoms with Crippen molar-refractivity contribution < 1.29 is 28.9 Å². The number of nitrogens with one attached hydrogen (secondary N) is 4. The van der Waals surface area contributed by atoms with Crippen LogP contribution < -0.4 is 15.4 Å². The minimum absolute atomic E-state index is 0.138. The highest BCUT2D eigenvalue weighted by molar-refractivity contribution is 5.68. The fraction of sp³-hybridized carbons (Fsp3) is 0.556. The Balaban J connectivity index is 0.000000315. The third kappa shape index (κ3) is 16.2. The molecule has 12 heteroatoms. The monoisotopic (exact) mass is 789 g/mol. The highest BCUT2D eigenvalue weighted by atomic mass is 16.6. The third-order valence-electron chi connectivity index (χ3n) is 9.13. The lowest BCUT2D eigenvalue weighted by atomic mass is 9.78. The number of nitrogens with zero attached hydrogens (tertiary/aromatic N) is 2. The van der Waals surface area contributed by atoms with Gasteiger partial charge in [-0.05, 0) is 76.5 Å². The largest absolute Gasteiger partial charge is 0.507 e. The van der Waals surface area contributed by atoms with Gasteiger partial charge < -0.3 is 39.9 Å². The minimum Gasteiger partial charge on any atom is -0.507 e. The topological polar surface area (TPSA) is 163 Å². The summed E-state index contributed by atoms with van der Waals surface area (Å²) in [5, 5.41) is 16.5. The number of methoxy groups -OCH3 is 1. The van der Waals surface area contributed by atoms with E-state index >= 15 is 0 Å². The maximum absolute atomic E-state index is 11.9. The molecule has 4 rings (SSSR count). The van der Waals surface area contributed by atoms with E-state index in [0.717, 1.165) is 63.9 Å². The second-order valence-corrected chi connectivity index (χ2v) is 18.9. The molecule has 0 bridgehead atoms. The van der Waals surface area contributed by atoms with Crippen LogP contribution in [0, 0.1) is 10.8 Å². The highest BCUT2D eigenvalue weighted by Gasteiger charge is 2.27. The van der Waals surface area contributed by atoms with Crippen molar-refractivity contribution in [3.63, 3.8) is 0 Å². The van der Waals surface area contributed by atoms with Crippen LogP contribution in [0.25, 0.3) is 22.5 Å². The standard InChI is InChI=1S/C26H41N3O3.C19H27N3O3/c1-24(2,3)11-13-32-23(31)27-12-10-21-28-16-20(29-21)17-14-18(25(4,5)6)22(30)19(15-17)26(7,8)9;1-19(2,3)10-12-25-18(23)20-11-9-17-21-13-16(22-17)14-5-7-15(24-4)8-6-14/h14-16,30H,10-13H2,1-9H3,(H,27,31)(H,28,29);5-8,13H,9-12H2,1-4H3,(H,20,23)(H,21,22). The van der Waals surface area contributed by atoms with Crippen molar-refractivity contribution in [2.24, 2.45) is 10.8 Å². The number of imidazole rings is 2. The van der Waals surface area contributed by atoms with Crippen molar-refractivity contribution in [2.45, 2.75) is 120 Å². The molecule has 0 atom stereocenters. The number of alkyl carbamates (subject to hydrolysis) is 2. The van der Waals surface area contributed by atoms with E-state index in [1.807, 2.05) is 42.6 Å². The summed E-state index contributed by atoms with van der Waals surface area (Å²) in [5.41, 5.74) is 5.59. The number of H-pyrrole nitrogens is 2. The fourth-order valence-corrected chi connectivity index (χ4v) is 5.54. The second kappa shape index (κ2) is 19.9. The van der Waals surface area contributed by atoms with Gasteiger partial charge in [0.25, 0.3) is 0 Å². The predicted molar refractivity (Wildman–Crippen MR) is 228 cm³/mol. The Labute approximate surface area is 340 Å². The summed E-state index contributed by atoms with van der Waals surface area (Å²) < 4.78 is 15.5. The summed E-state index contributed by atoms with van der Waals surface area (Å²) in [6.07, 6.45) is 5.66. The molecule has 0 saturated carbocycles. The van der Waals surface area contributed by atoms with Crippen molar-refractivity contribution in [1.29, 1.82) is 0 Å². The first kappa shape index (κ1) is 46.4. The zero-order valence-electron chi connectivity index (χ0n) is 36.7. The minimum atomic E-state index is -0.399. The van der Waals surface area contributed by atoms with E-state index in [-0.39, 0.29) is 27.8 Å². The van der Waals surface area contributed by atoms with E-state index in [4.69, 9.17) is 14.2 Å². The number of phenolic OH excluding ortho intramolecular Hbond substituents is 1. The van der Waals surface area contributed by atoms with Crippen LogP contribution in [0.3, 0.4) is 0 Å². The number of carbonyl (C=O) groups excluding carboxylic acids is 2. The number of hydrogen-bond acceptors (Lipinski definition) is 8. The van der Waals surface area contributed by atoms with Crippen LogP contribution in [0.2, 0.25) is 0 Å². The number of aromatic hydroxyl groups is 1. The molecule has 12 nitrogen and oxygen atoms in total. The first-order chi connectivity index (χ1) is 26.4. The lowest BCUT2D eigenvalue weighted by molar-refractivity contribution is 0.130. The molecule has 2 heterocycles. The zero-order valence-corrected chi connectivity index (χ0v) is 36.7. The van der Waals surface area contributed by atoms with Crippen LogP contribution in [0.1, 0.15) is 119 Å². The van der Waals surface area contributed by atoms with Crippen LogP contribution in [0.4, 0.5) is 9.59 Å². The van der Waals surface area contributed by atoms with Gasteiger partial charge in [0.05, 0.1) is 44.1 Å². The molecule has 0 radical (unpaired) electrons. The van der Waals surface area contributed by atoms with Gasteiger partial charge in [-0.1, -0.05) is 83.1 Å². The quantitative estimate of drug-likeness (QED) is 0.0894. The van der Waals surface area contributed by atoms with E-state index in [1.54, 1.807) is 13.3 Å². The summed E-state index contributed by atoms with van der Waals surface area (Å²) in [5.74, 6) is 2.79. The van der Waals surface area contributed by atoms with Gasteiger partial charge in [0.1, 0.15) is 23.1 Å². The second-order valence-electron chi connectivity index (χ2n) is 18.9. The molecule has 0 aliphatic carbocycles. The summed E-state index contributed by atoms with van der Waals surface area (Å²) in [6, 6.07) is 11.8. The molecule has 0 aliphatic heterocycles. The predicted octanol–water partition coefficient (Wildman–Crippen LogP) is 9.87. The Kier molecular flexibility index (Phi) is 16.2. The number of ether oxygens (including phenoxy) is 3. The van der Waals surface area contributed by atoms with E-state index in [1.165, 1.54) is 0 Å². The van der Waals surface area contributed by atoms with Gasteiger partial charge in [0.2, 0.25) is 0 Å². The number of aromatic nitrogens is 4. The number of aromatic amines is 2. The molecular weight excluding hydrogens is 721 g/mol. The molecule has 0 saturated heterocycles. The van der Waals surface area contributed by atoms with Crippen molar-refractivity contribution in [2.75, 3.05) is 33.4 Å². The molecule has 314 valence electrons. The Morgan fingerprint density at radius 1 is 0.649 bits per heavy atom. The van der Waals surface area contributed by atoms with Gasteiger partial charge in [-0.25, -0.2) is 19.6 Å². The fourth-order valence-electron chi connectivity index (χ4n) is 5.54. The molecule has 0 fully saturated rings. The molecule has 4 aromatic rings. The first-order valence-corrected chi connectivity index (χ1v) is 19.9. The number of rotatable bonds is 13. The first-order valence-electron chi connectivity index (χ1n) is 19.9. The van der Waals surface area contributed by atoms with Gasteiger partial charge in [-0.2, -0.15) is 0 Å². The lowest BCUT2D eigenvalue weighted by Gasteiger charge is -2.28. The van der Waals surface area contributed by atoms with Gasteiger partial charge in [-0.15, -0.1) is 0 Å². The van der Waals surface area contributed by atoms with Gasteiger partial charge in [0, 0.05) is 42.6 Å². The number of phenols is 1. The molecule has 2 aromatic heterocycles. The van der Waals surface area contributed by atoms with Gasteiger partial charge in [0.15, 0.2) is 0 Å². The van der Waals surface area contributed by atoms with Crippen molar-refractivity contribution in [3.05, 3.63) is 71.6 Å². The molecule has 5 N–H and O–H groups in total. The summed E-state index contributed by atoms with van der Waals surface area (Å²) in [7, 11) is 1.64. The molecule has 2 amide bonds. The molecule has 0 aliphatic rings. The maximum Gasteiger partial charge on any atom is 0.407 e. The van der Waals surface area contributed by atoms with E-state index in [2.05, 4.69) is 114 Å². The summed E-state index contributed by atoms with van der Waals surface area (Å²) in [4.78, 5) is 38.9. The average molecular weight is 789 g/mol. The number of amides is 2. The number of benzene rings is 2.